The summed E-state index contributed by atoms with van der Waals surface area (Å²) in [4.78, 5) is 0. The topological polar surface area (TPSA) is 27.1 Å². The van der Waals surface area contributed by atoms with Crippen molar-refractivity contribution in [3.63, 3.8) is 0 Å². The van der Waals surface area contributed by atoms with Gasteiger partial charge in [-0.15, -0.1) is 0 Å². The van der Waals surface area contributed by atoms with E-state index in [1.165, 1.54) is 0 Å². The monoisotopic (exact) mass is 306 g/mol. The van der Waals surface area contributed by atoms with E-state index >= 15 is 0 Å². The molecule has 0 bridgehead atoms. The van der Waals surface area contributed by atoms with E-state index in [0.717, 1.165) is 41.2 Å². The molecule has 3 rings (SSSR count). The van der Waals surface area contributed by atoms with Crippen LogP contribution >= 0.6 is 0 Å². The first-order chi connectivity index (χ1) is 11.3. The lowest BCUT2D eigenvalue weighted by Gasteiger charge is -2.10. The van der Waals surface area contributed by atoms with Crippen LogP contribution in [0.25, 0.3) is 22.5 Å². The van der Waals surface area contributed by atoms with Gasteiger partial charge in [0.2, 0.25) is 0 Å². The molecule has 23 heavy (non-hydrogen) atoms. The van der Waals surface area contributed by atoms with E-state index in [-0.39, 0.29) is 0 Å². The minimum absolute atomic E-state index is 0.690. The van der Waals surface area contributed by atoms with Crippen LogP contribution < -0.4 is 4.74 Å². The Morgan fingerprint density at radius 2 is 1.48 bits per heavy atom. The molecule has 0 radical (unpaired) electrons. The van der Waals surface area contributed by atoms with E-state index in [0.29, 0.717) is 6.61 Å². The van der Waals surface area contributed by atoms with Crippen LogP contribution in [0.1, 0.15) is 20.3 Å². The molecule has 0 aliphatic heterocycles. The third kappa shape index (κ3) is 3.14. The predicted molar refractivity (Wildman–Crippen MR) is 94.6 cm³/mol. The molecule has 0 fully saturated rings. The van der Waals surface area contributed by atoms with Gasteiger partial charge in [0.15, 0.2) is 5.75 Å². The maximum absolute atomic E-state index is 6.13. The van der Waals surface area contributed by atoms with Crippen molar-refractivity contribution in [3.8, 4) is 28.3 Å². The summed E-state index contributed by atoms with van der Waals surface area (Å²) in [6.07, 6.45) is 0.972. The van der Waals surface area contributed by atoms with Crippen molar-refractivity contribution in [1.29, 1.82) is 0 Å². The molecule has 0 aliphatic rings. The molecule has 0 N–H and O–H groups in total. The standard InChI is InChI=1S/C20H22N2O/c1-3-15-23-20-18(16-11-7-5-8-12-16)21-22(4-2)19(20)17-13-9-6-10-14-17/h5-14H,3-4,15H2,1-2H3. The summed E-state index contributed by atoms with van der Waals surface area (Å²) in [6.45, 7) is 5.72. The Hall–Kier alpha value is -2.55. The quantitative estimate of drug-likeness (QED) is 0.639. The second-order valence-corrected chi connectivity index (χ2v) is 5.42. The summed E-state index contributed by atoms with van der Waals surface area (Å²) in [5, 5.41) is 4.82. The van der Waals surface area contributed by atoms with Gasteiger partial charge in [-0.3, -0.25) is 4.68 Å². The van der Waals surface area contributed by atoms with E-state index in [4.69, 9.17) is 9.84 Å². The fraction of sp³-hybridized carbons (Fsp3) is 0.250. The number of ether oxygens (including phenoxy) is 1. The molecule has 118 valence electrons. The molecule has 1 heterocycles. The smallest absolute Gasteiger partial charge is 0.173 e. The highest BCUT2D eigenvalue weighted by Crippen LogP contribution is 2.39. The van der Waals surface area contributed by atoms with E-state index < -0.39 is 0 Å². The van der Waals surface area contributed by atoms with Crippen molar-refractivity contribution < 1.29 is 4.74 Å². The van der Waals surface area contributed by atoms with E-state index in [1.54, 1.807) is 0 Å². The van der Waals surface area contributed by atoms with Gasteiger partial charge in [-0.1, -0.05) is 67.6 Å². The number of aryl methyl sites for hydroxylation is 1. The zero-order valence-corrected chi connectivity index (χ0v) is 13.7. The molecule has 0 amide bonds. The van der Waals surface area contributed by atoms with Gasteiger partial charge in [0.25, 0.3) is 0 Å². The molecule has 3 nitrogen and oxygen atoms in total. The first-order valence-corrected chi connectivity index (χ1v) is 8.19. The van der Waals surface area contributed by atoms with Crippen molar-refractivity contribution in [3.05, 3.63) is 60.7 Å². The molecule has 0 unspecified atom stereocenters. The fourth-order valence-corrected chi connectivity index (χ4v) is 2.68. The van der Waals surface area contributed by atoms with Crippen LogP contribution in [0.3, 0.4) is 0 Å². The maximum atomic E-state index is 6.13. The summed E-state index contributed by atoms with van der Waals surface area (Å²) in [7, 11) is 0. The van der Waals surface area contributed by atoms with Gasteiger partial charge in [-0.25, -0.2) is 0 Å². The molecule has 0 atom stereocenters. The Kier molecular flexibility index (Phi) is 4.77. The lowest BCUT2D eigenvalue weighted by atomic mass is 10.1. The van der Waals surface area contributed by atoms with Gasteiger partial charge >= 0.3 is 0 Å². The molecule has 3 heteroatoms. The largest absolute Gasteiger partial charge is 0.489 e. The minimum Gasteiger partial charge on any atom is -0.489 e. The Bertz CT molecular complexity index is 748. The van der Waals surface area contributed by atoms with Crippen molar-refractivity contribution in [2.24, 2.45) is 0 Å². The van der Waals surface area contributed by atoms with Crippen LogP contribution in [0.4, 0.5) is 0 Å². The van der Waals surface area contributed by atoms with Gasteiger partial charge in [0, 0.05) is 17.7 Å². The Morgan fingerprint density at radius 3 is 2.04 bits per heavy atom. The third-order valence-corrected chi connectivity index (χ3v) is 3.75. The predicted octanol–water partition coefficient (Wildman–Crippen LogP) is 5.03. The highest BCUT2D eigenvalue weighted by Gasteiger charge is 2.21. The zero-order chi connectivity index (χ0) is 16.1. The average molecular weight is 306 g/mol. The molecule has 0 saturated heterocycles. The zero-order valence-electron chi connectivity index (χ0n) is 13.7. The van der Waals surface area contributed by atoms with Crippen LogP contribution in [0.2, 0.25) is 0 Å². The second kappa shape index (κ2) is 7.14. The minimum atomic E-state index is 0.690. The molecule has 0 aliphatic carbocycles. The summed E-state index contributed by atoms with van der Waals surface area (Å²) >= 11 is 0. The lowest BCUT2D eigenvalue weighted by molar-refractivity contribution is 0.319. The molecular formula is C20H22N2O. The molecule has 3 aromatic rings. The SMILES string of the molecule is CCCOc1c(-c2ccccc2)nn(CC)c1-c1ccccc1. The number of hydrogen-bond donors (Lipinski definition) is 0. The van der Waals surface area contributed by atoms with E-state index in [9.17, 15) is 0 Å². The number of benzene rings is 2. The maximum Gasteiger partial charge on any atom is 0.173 e. The number of aromatic nitrogens is 2. The van der Waals surface area contributed by atoms with Crippen LogP contribution in [0.5, 0.6) is 5.75 Å². The van der Waals surface area contributed by atoms with Gasteiger partial charge in [0.05, 0.1) is 6.61 Å². The van der Waals surface area contributed by atoms with Crippen LogP contribution in [-0.4, -0.2) is 16.4 Å². The average Bonchev–Trinajstić information content (AvgIpc) is 3.00. The molecule has 1 aromatic heterocycles. The first-order valence-electron chi connectivity index (χ1n) is 8.19. The van der Waals surface area contributed by atoms with Crippen molar-refractivity contribution >= 4 is 0 Å². The number of rotatable bonds is 6. The molecule has 0 saturated carbocycles. The molecule has 2 aromatic carbocycles. The number of hydrogen-bond acceptors (Lipinski definition) is 2. The highest BCUT2D eigenvalue weighted by molar-refractivity contribution is 5.78. The number of nitrogens with zero attached hydrogens (tertiary/aromatic N) is 2. The summed E-state index contributed by atoms with van der Waals surface area (Å²) in [5.41, 5.74) is 4.19. The summed E-state index contributed by atoms with van der Waals surface area (Å²) in [6, 6.07) is 20.6. The Balaban J connectivity index is 2.19. The fourth-order valence-electron chi connectivity index (χ4n) is 2.68. The van der Waals surface area contributed by atoms with Crippen LogP contribution in [0, 0.1) is 0 Å². The van der Waals surface area contributed by atoms with Crippen LogP contribution in [-0.2, 0) is 6.54 Å². The summed E-state index contributed by atoms with van der Waals surface area (Å²) in [5.74, 6) is 0.881. The molecular weight excluding hydrogens is 284 g/mol. The van der Waals surface area contributed by atoms with Gasteiger partial charge in [0.1, 0.15) is 11.4 Å². The summed E-state index contributed by atoms with van der Waals surface area (Å²) < 4.78 is 8.16. The Morgan fingerprint density at radius 1 is 0.870 bits per heavy atom. The third-order valence-electron chi connectivity index (χ3n) is 3.75. The van der Waals surface area contributed by atoms with Gasteiger partial charge in [-0.2, -0.15) is 5.10 Å². The van der Waals surface area contributed by atoms with E-state index in [2.05, 4.69) is 38.1 Å². The van der Waals surface area contributed by atoms with Crippen molar-refractivity contribution in [2.75, 3.05) is 6.61 Å². The lowest BCUT2D eigenvalue weighted by Crippen LogP contribution is -2.01. The van der Waals surface area contributed by atoms with Crippen molar-refractivity contribution in [2.45, 2.75) is 26.8 Å². The van der Waals surface area contributed by atoms with Crippen molar-refractivity contribution in [1.82, 2.24) is 9.78 Å². The normalized spacial score (nSPS) is 10.7. The molecule has 0 spiro atoms. The van der Waals surface area contributed by atoms with Gasteiger partial charge in [-0.05, 0) is 13.3 Å². The first kappa shape index (κ1) is 15.3. The van der Waals surface area contributed by atoms with E-state index in [1.807, 2.05) is 41.1 Å². The van der Waals surface area contributed by atoms with Gasteiger partial charge < -0.3 is 4.74 Å². The second-order valence-electron chi connectivity index (χ2n) is 5.42. The Labute approximate surface area is 137 Å². The highest BCUT2D eigenvalue weighted by atomic mass is 16.5. The van der Waals surface area contributed by atoms with Crippen LogP contribution in [0.15, 0.2) is 60.7 Å².